The van der Waals surface area contributed by atoms with Gasteiger partial charge in [-0.05, 0) is 31.7 Å². The molecule has 5 nitrogen and oxygen atoms in total. The van der Waals surface area contributed by atoms with Crippen molar-refractivity contribution < 1.29 is 9.32 Å². The van der Waals surface area contributed by atoms with Crippen LogP contribution in [0.15, 0.2) is 40.9 Å². The van der Waals surface area contributed by atoms with Crippen LogP contribution < -0.4 is 0 Å². The van der Waals surface area contributed by atoms with Crippen molar-refractivity contribution in [2.45, 2.75) is 38.3 Å². The summed E-state index contributed by atoms with van der Waals surface area (Å²) in [5.41, 5.74) is 1.69. The van der Waals surface area contributed by atoms with Crippen LogP contribution in [0.25, 0.3) is 0 Å². The number of hydrogen-bond donors (Lipinski definition) is 0. The quantitative estimate of drug-likeness (QED) is 0.867. The van der Waals surface area contributed by atoms with Crippen LogP contribution >= 0.6 is 0 Å². The first-order chi connectivity index (χ1) is 11.7. The van der Waals surface area contributed by atoms with Gasteiger partial charge in [-0.1, -0.05) is 35.5 Å². The fraction of sp³-hybridized carbons (Fsp3) is 0.474. The third-order valence-electron chi connectivity index (χ3n) is 5.00. The second-order valence-electron chi connectivity index (χ2n) is 6.89. The second kappa shape index (κ2) is 6.40. The highest BCUT2D eigenvalue weighted by Crippen LogP contribution is 2.30. The molecule has 1 aromatic heterocycles. The van der Waals surface area contributed by atoms with E-state index in [9.17, 15) is 4.79 Å². The molecular formula is C19H23N3O2. The highest BCUT2D eigenvalue weighted by Gasteiger charge is 2.37. The Kier molecular flexibility index (Phi) is 4.10. The monoisotopic (exact) mass is 325 g/mol. The maximum atomic E-state index is 12.9. The summed E-state index contributed by atoms with van der Waals surface area (Å²) in [6.07, 6.45) is 3.48. The number of carbonyl (C=O) groups is 1. The van der Waals surface area contributed by atoms with Gasteiger partial charge in [0.05, 0.1) is 0 Å². The molecule has 2 fully saturated rings. The number of aromatic nitrogens is 1. The Morgan fingerprint density at radius 3 is 2.71 bits per heavy atom. The first kappa shape index (κ1) is 15.4. The Labute approximate surface area is 142 Å². The smallest absolute Gasteiger partial charge is 0.276 e. The molecular weight excluding hydrogens is 302 g/mol. The van der Waals surface area contributed by atoms with Crippen LogP contribution in [0, 0.1) is 6.92 Å². The Morgan fingerprint density at radius 2 is 2.04 bits per heavy atom. The average molecular weight is 325 g/mol. The summed E-state index contributed by atoms with van der Waals surface area (Å²) < 4.78 is 5.09. The number of amides is 1. The zero-order chi connectivity index (χ0) is 16.5. The van der Waals surface area contributed by atoms with E-state index in [0.717, 1.165) is 32.1 Å². The van der Waals surface area contributed by atoms with Gasteiger partial charge in [0.25, 0.3) is 5.91 Å². The third kappa shape index (κ3) is 3.22. The van der Waals surface area contributed by atoms with Gasteiger partial charge in [-0.2, -0.15) is 0 Å². The van der Waals surface area contributed by atoms with E-state index >= 15 is 0 Å². The van der Waals surface area contributed by atoms with Crippen LogP contribution in [0.5, 0.6) is 0 Å². The van der Waals surface area contributed by atoms with Crippen molar-refractivity contribution >= 4 is 5.91 Å². The first-order valence-electron chi connectivity index (χ1n) is 8.73. The van der Waals surface area contributed by atoms with Crippen LogP contribution in [0.1, 0.15) is 34.7 Å². The van der Waals surface area contributed by atoms with Gasteiger partial charge >= 0.3 is 0 Å². The second-order valence-corrected chi connectivity index (χ2v) is 6.89. The normalized spacial score (nSPS) is 21.9. The van der Waals surface area contributed by atoms with Crippen molar-refractivity contribution in [3.05, 3.63) is 53.4 Å². The van der Waals surface area contributed by atoms with E-state index in [1.165, 1.54) is 18.4 Å². The number of hydrogen-bond acceptors (Lipinski definition) is 4. The van der Waals surface area contributed by atoms with Crippen molar-refractivity contribution in [2.75, 3.05) is 19.6 Å². The van der Waals surface area contributed by atoms with Crippen LogP contribution in [0.4, 0.5) is 0 Å². The number of piperazine rings is 1. The molecule has 4 rings (SSSR count). The Bertz CT molecular complexity index is 708. The van der Waals surface area contributed by atoms with E-state index in [1.54, 1.807) is 6.07 Å². The molecule has 0 N–H and O–H groups in total. The van der Waals surface area contributed by atoms with Crippen LogP contribution in [0.2, 0.25) is 0 Å². The van der Waals surface area contributed by atoms with Crippen LogP contribution in [0.3, 0.4) is 0 Å². The molecule has 0 spiro atoms. The van der Waals surface area contributed by atoms with Gasteiger partial charge < -0.3 is 9.42 Å². The third-order valence-corrected chi connectivity index (χ3v) is 5.00. The van der Waals surface area contributed by atoms with Gasteiger partial charge in [-0.15, -0.1) is 0 Å². The first-order valence-corrected chi connectivity index (χ1v) is 8.73. The fourth-order valence-corrected chi connectivity index (χ4v) is 3.59. The molecule has 1 saturated carbocycles. The zero-order valence-electron chi connectivity index (χ0n) is 14.0. The molecule has 0 bridgehead atoms. The van der Waals surface area contributed by atoms with Gasteiger partial charge in [-0.3, -0.25) is 9.69 Å². The van der Waals surface area contributed by atoms with Crippen molar-refractivity contribution in [3.8, 4) is 0 Å². The number of nitrogens with zero attached hydrogens (tertiary/aromatic N) is 3. The van der Waals surface area contributed by atoms with E-state index in [4.69, 9.17) is 4.52 Å². The summed E-state index contributed by atoms with van der Waals surface area (Å²) in [5.74, 6) is 0.665. The van der Waals surface area contributed by atoms with Gasteiger partial charge in [0.15, 0.2) is 5.69 Å². The minimum absolute atomic E-state index is 0.0109. The van der Waals surface area contributed by atoms with E-state index < -0.39 is 0 Å². The average Bonchev–Trinajstić information content (AvgIpc) is 3.36. The lowest BCUT2D eigenvalue weighted by atomic mass is 10.0. The molecule has 1 aliphatic carbocycles. The molecule has 5 heteroatoms. The van der Waals surface area contributed by atoms with E-state index in [1.807, 2.05) is 17.9 Å². The van der Waals surface area contributed by atoms with Crippen molar-refractivity contribution in [1.82, 2.24) is 15.0 Å². The highest BCUT2D eigenvalue weighted by molar-refractivity contribution is 5.92. The minimum Gasteiger partial charge on any atom is -0.361 e. The summed E-state index contributed by atoms with van der Waals surface area (Å²) in [5, 5.41) is 3.92. The number of benzene rings is 1. The molecule has 1 saturated heterocycles. The topological polar surface area (TPSA) is 49.6 Å². The molecule has 1 aromatic carbocycles. The molecule has 2 aromatic rings. The Hall–Kier alpha value is -2.14. The van der Waals surface area contributed by atoms with Gasteiger partial charge in [0.2, 0.25) is 0 Å². The molecule has 1 atom stereocenters. The molecule has 0 radical (unpaired) electrons. The SMILES string of the molecule is Cc1cc(C(=O)N2CCN(C3CC3)CC2Cc2ccccc2)no1. The molecule has 126 valence electrons. The Morgan fingerprint density at radius 1 is 1.25 bits per heavy atom. The fourth-order valence-electron chi connectivity index (χ4n) is 3.59. The molecule has 1 amide bonds. The standard InChI is InChI=1S/C19H23N3O2/c1-14-11-18(20-24-14)19(23)22-10-9-21(16-7-8-16)13-17(22)12-15-5-3-2-4-6-15/h2-6,11,16-17H,7-10,12-13H2,1H3. The zero-order valence-corrected chi connectivity index (χ0v) is 14.0. The van der Waals surface area contributed by atoms with Gasteiger partial charge in [0, 0.05) is 37.8 Å². The van der Waals surface area contributed by atoms with E-state index in [0.29, 0.717) is 11.5 Å². The minimum atomic E-state index is -0.0109. The van der Waals surface area contributed by atoms with Crippen LogP contribution in [-0.2, 0) is 6.42 Å². The molecule has 24 heavy (non-hydrogen) atoms. The summed E-state index contributed by atoms with van der Waals surface area (Å²) >= 11 is 0. The summed E-state index contributed by atoms with van der Waals surface area (Å²) in [6, 6.07) is 13.1. The van der Waals surface area contributed by atoms with Gasteiger partial charge in [0.1, 0.15) is 5.76 Å². The predicted octanol–water partition coefficient (Wildman–Crippen LogP) is 2.51. The molecule has 1 aliphatic heterocycles. The molecule has 2 heterocycles. The predicted molar refractivity (Wildman–Crippen MR) is 90.8 cm³/mol. The largest absolute Gasteiger partial charge is 0.361 e. The van der Waals surface area contributed by atoms with Crippen molar-refractivity contribution in [3.63, 3.8) is 0 Å². The number of carbonyl (C=O) groups excluding carboxylic acids is 1. The van der Waals surface area contributed by atoms with E-state index in [-0.39, 0.29) is 11.9 Å². The van der Waals surface area contributed by atoms with Gasteiger partial charge in [-0.25, -0.2) is 0 Å². The van der Waals surface area contributed by atoms with Crippen LogP contribution in [-0.4, -0.2) is 52.6 Å². The maximum Gasteiger partial charge on any atom is 0.276 e. The Balaban J connectivity index is 1.54. The summed E-state index contributed by atoms with van der Waals surface area (Å²) in [6.45, 7) is 4.48. The summed E-state index contributed by atoms with van der Waals surface area (Å²) in [7, 11) is 0. The highest BCUT2D eigenvalue weighted by atomic mass is 16.5. The number of rotatable bonds is 4. The van der Waals surface area contributed by atoms with Crippen molar-refractivity contribution in [1.29, 1.82) is 0 Å². The number of aryl methyl sites for hydroxylation is 1. The lowest BCUT2D eigenvalue weighted by Crippen LogP contribution is -2.56. The summed E-state index contributed by atoms with van der Waals surface area (Å²) in [4.78, 5) is 17.4. The lowest BCUT2D eigenvalue weighted by molar-refractivity contribution is 0.0428. The molecule has 2 aliphatic rings. The molecule has 1 unspecified atom stereocenters. The maximum absolute atomic E-state index is 12.9. The van der Waals surface area contributed by atoms with E-state index in [2.05, 4.69) is 34.3 Å². The van der Waals surface area contributed by atoms with Crippen molar-refractivity contribution in [2.24, 2.45) is 0 Å². The lowest BCUT2D eigenvalue weighted by Gasteiger charge is -2.41.